The Hall–Kier alpha value is -2.73. The molecule has 168 valence electrons. The van der Waals surface area contributed by atoms with Crippen molar-refractivity contribution in [3.05, 3.63) is 71.3 Å². The van der Waals surface area contributed by atoms with Crippen LogP contribution >= 0.6 is 11.8 Å². The second kappa shape index (κ2) is 10.3. The molecule has 2 aromatic carbocycles. The van der Waals surface area contributed by atoms with E-state index in [0.717, 1.165) is 64.8 Å². The zero-order chi connectivity index (χ0) is 22.5. The van der Waals surface area contributed by atoms with Gasteiger partial charge in [-0.05, 0) is 31.9 Å². The summed E-state index contributed by atoms with van der Waals surface area (Å²) in [4.78, 5) is 17.9. The van der Waals surface area contributed by atoms with Crippen LogP contribution in [0.15, 0.2) is 59.1 Å². The Morgan fingerprint density at radius 1 is 1.12 bits per heavy atom. The molecule has 1 aliphatic rings. The average Bonchev–Trinajstić information content (AvgIpc) is 3.26. The first kappa shape index (κ1) is 22.5. The number of hydrogen-bond donors (Lipinski definition) is 0. The van der Waals surface area contributed by atoms with Gasteiger partial charge in [-0.25, -0.2) is 0 Å². The van der Waals surface area contributed by atoms with E-state index in [9.17, 15) is 4.79 Å². The van der Waals surface area contributed by atoms with Gasteiger partial charge in [0.2, 0.25) is 5.88 Å². The number of rotatable bonds is 7. The number of amides is 1. The second-order valence-corrected chi connectivity index (χ2v) is 9.51. The number of thioether (sulfide) groups is 1. The molecule has 1 saturated heterocycles. The topological polar surface area (TPSA) is 49.6 Å². The molecule has 6 heteroatoms. The summed E-state index contributed by atoms with van der Waals surface area (Å²) in [5.41, 5.74) is 4.57. The molecule has 32 heavy (non-hydrogen) atoms. The van der Waals surface area contributed by atoms with Crippen LogP contribution in [0.1, 0.15) is 41.8 Å². The summed E-state index contributed by atoms with van der Waals surface area (Å²) in [5.74, 6) is 2.99. The molecule has 0 bridgehead atoms. The van der Waals surface area contributed by atoms with E-state index >= 15 is 0 Å². The summed E-state index contributed by atoms with van der Waals surface area (Å²) in [5, 5.41) is 4.49. The van der Waals surface area contributed by atoms with Crippen molar-refractivity contribution < 1.29 is 9.32 Å². The zero-order valence-corrected chi connectivity index (χ0v) is 19.9. The van der Waals surface area contributed by atoms with Crippen molar-refractivity contribution in [3.8, 4) is 11.3 Å². The van der Waals surface area contributed by atoms with Gasteiger partial charge >= 0.3 is 0 Å². The molecule has 1 fully saturated rings. The van der Waals surface area contributed by atoms with Gasteiger partial charge in [-0.1, -0.05) is 60.6 Å². The lowest BCUT2D eigenvalue weighted by Crippen LogP contribution is -2.39. The quantitative estimate of drug-likeness (QED) is 0.467. The summed E-state index contributed by atoms with van der Waals surface area (Å²) in [6.45, 7) is 8.55. The molecule has 0 unspecified atom stereocenters. The van der Waals surface area contributed by atoms with E-state index in [-0.39, 0.29) is 11.9 Å². The predicted molar refractivity (Wildman–Crippen MR) is 132 cm³/mol. The molecule has 1 amide bonds. The molecule has 1 aliphatic heterocycles. The number of carbonyl (C=O) groups is 1. The SMILES string of the molecule is CC[C@@H](C)N(Cc1c(-c2ccccc2)noc1N1CCSCC1)C(=O)c1ccccc1C. The fourth-order valence-corrected chi connectivity index (χ4v) is 4.97. The van der Waals surface area contributed by atoms with Crippen molar-refractivity contribution in [1.29, 1.82) is 0 Å². The van der Waals surface area contributed by atoms with Gasteiger partial charge < -0.3 is 14.3 Å². The third kappa shape index (κ3) is 4.70. The lowest BCUT2D eigenvalue weighted by atomic mass is 10.0. The third-order valence-electron chi connectivity index (χ3n) is 6.20. The number of hydrogen-bond acceptors (Lipinski definition) is 5. The van der Waals surface area contributed by atoms with Gasteiger partial charge in [0.25, 0.3) is 5.91 Å². The number of benzene rings is 2. The van der Waals surface area contributed by atoms with E-state index in [1.54, 1.807) is 0 Å². The summed E-state index contributed by atoms with van der Waals surface area (Å²) < 4.78 is 5.94. The Balaban J connectivity index is 1.76. The van der Waals surface area contributed by atoms with Crippen molar-refractivity contribution >= 4 is 23.6 Å². The predicted octanol–water partition coefficient (Wildman–Crippen LogP) is 5.64. The smallest absolute Gasteiger partial charge is 0.254 e. The molecule has 2 heterocycles. The van der Waals surface area contributed by atoms with Crippen LogP contribution in [0.4, 0.5) is 5.88 Å². The first-order chi connectivity index (χ1) is 15.6. The van der Waals surface area contributed by atoms with Crippen molar-refractivity contribution in [2.45, 2.75) is 39.8 Å². The zero-order valence-electron chi connectivity index (χ0n) is 19.1. The molecule has 0 saturated carbocycles. The number of nitrogens with zero attached hydrogens (tertiary/aromatic N) is 3. The van der Waals surface area contributed by atoms with Crippen LogP contribution in [0.2, 0.25) is 0 Å². The molecular weight excluding hydrogens is 418 g/mol. The van der Waals surface area contributed by atoms with Gasteiger partial charge in [0.05, 0.1) is 12.1 Å². The first-order valence-electron chi connectivity index (χ1n) is 11.3. The van der Waals surface area contributed by atoms with E-state index in [4.69, 9.17) is 4.52 Å². The van der Waals surface area contributed by atoms with Crippen LogP contribution in [0.3, 0.4) is 0 Å². The molecule has 1 atom stereocenters. The van der Waals surface area contributed by atoms with E-state index in [0.29, 0.717) is 6.54 Å². The maximum absolute atomic E-state index is 13.7. The fraction of sp³-hybridized carbons (Fsp3) is 0.385. The first-order valence-corrected chi connectivity index (χ1v) is 12.5. The van der Waals surface area contributed by atoms with Gasteiger partial charge in [-0.15, -0.1) is 0 Å². The van der Waals surface area contributed by atoms with E-state index in [1.165, 1.54) is 0 Å². The van der Waals surface area contributed by atoms with Crippen LogP contribution < -0.4 is 4.90 Å². The molecule has 0 radical (unpaired) electrons. The molecule has 0 spiro atoms. The Morgan fingerprint density at radius 2 is 1.81 bits per heavy atom. The highest BCUT2D eigenvalue weighted by molar-refractivity contribution is 7.99. The highest BCUT2D eigenvalue weighted by atomic mass is 32.2. The second-order valence-electron chi connectivity index (χ2n) is 8.29. The van der Waals surface area contributed by atoms with E-state index in [1.807, 2.05) is 78.2 Å². The molecule has 3 aromatic rings. The monoisotopic (exact) mass is 449 g/mol. The Kier molecular flexibility index (Phi) is 7.20. The van der Waals surface area contributed by atoms with Gasteiger partial charge in [-0.2, -0.15) is 11.8 Å². The fourth-order valence-electron chi connectivity index (χ4n) is 4.07. The maximum atomic E-state index is 13.7. The third-order valence-corrected chi connectivity index (χ3v) is 7.14. The Morgan fingerprint density at radius 3 is 2.50 bits per heavy atom. The van der Waals surface area contributed by atoms with E-state index in [2.05, 4.69) is 23.9 Å². The van der Waals surface area contributed by atoms with Crippen LogP contribution in [-0.2, 0) is 6.54 Å². The van der Waals surface area contributed by atoms with Crippen molar-refractivity contribution in [3.63, 3.8) is 0 Å². The Labute approximate surface area is 194 Å². The number of anilines is 1. The number of aryl methyl sites for hydroxylation is 1. The Bertz CT molecular complexity index is 1040. The molecule has 5 nitrogen and oxygen atoms in total. The van der Waals surface area contributed by atoms with Crippen LogP contribution in [0, 0.1) is 6.92 Å². The van der Waals surface area contributed by atoms with Gasteiger partial charge in [0.1, 0.15) is 5.69 Å². The summed E-state index contributed by atoms with van der Waals surface area (Å²) in [6.07, 6.45) is 0.874. The molecule has 0 N–H and O–H groups in total. The van der Waals surface area contributed by atoms with Crippen LogP contribution in [0.5, 0.6) is 0 Å². The lowest BCUT2D eigenvalue weighted by molar-refractivity contribution is 0.0671. The largest absolute Gasteiger partial charge is 0.339 e. The molecule has 4 rings (SSSR count). The summed E-state index contributed by atoms with van der Waals surface area (Å²) in [7, 11) is 0. The van der Waals surface area contributed by atoms with Crippen LogP contribution in [-0.4, -0.2) is 46.6 Å². The number of aromatic nitrogens is 1. The highest BCUT2D eigenvalue weighted by Gasteiger charge is 2.29. The van der Waals surface area contributed by atoms with Gasteiger partial charge in [0.15, 0.2) is 0 Å². The average molecular weight is 450 g/mol. The lowest BCUT2D eigenvalue weighted by Gasteiger charge is -2.31. The molecule has 0 aliphatic carbocycles. The van der Waals surface area contributed by atoms with Gasteiger partial charge in [0, 0.05) is 41.8 Å². The van der Waals surface area contributed by atoms with Crippen molar-refractivity contribution in [2.75, 3.05) is 29.5 Å². The minimum absolute atomic E-state index is 0.0535. The minimum Gasteiger partial charge on any atom is -0.339 e. The van der Waals surface area contributed by atoms with Crippen molar-refractivity contribution in [2.24, 2.45) is 0 Å². The normalized spacial score (nSPS) is 14.9. The molecular formula is C26H31N3O2S. The van der Waals surface area contributed by atoms with Crippen LogP contribution in [0.25, 0.3) is 11.3 Å². The minimum atomic E-state index is 0.0535. The van der Waals surface area contributed by atoms with E-state index < -0.39 is 0 Å². The highest BCUT2D eigenvalue weighted by Crippen LogP contribution is 2.34. The standard InChI is InChI=1S/C26H31N3O2S/c1-4-20(3)29(25(30)22-13-9-8-10-19(22)2)18-23-24(21-11-6-5-7-12-21)27-31-26(23)28-14-16-32-17-15-28/h5-13,20H,4,14-18H2,1-3H3/t20-/m1/s1. The maximum Gasteiger partial charge on any atom is 0.254 e. The summed E-state index contributed by atoms with van der Waals surface area (Å²) >= 11 is 1.96. The molecule has 1 aromatic heterocycles. The number of carbonyl (C=O) groups excluding carboxylic acids is 1. The van der Waals surface area contributed by atoms with Gasteiger partial charge in [-0.3, -0.25) is 4.79 Å². The summed E-state index contributed by atoms with van der Waals surface area (Å²) in [6, 6.07) is 18.0. The van der Waals surface area contributed by atoms with Crippen molar-refractivity contribution in [1.82, 2.24) is 10.1 Å².